The predicted molar refractivity (Wildman–Crippen MR) is 291 cm³/mol. The van der Waals surface area contributed by atoms with Crippen LogP contribution in [0, 0.1) is 33.7 Å². The molecule has 5 aromatic carbocycles. The van der Waals surface area contributed by atoms with E-state index in [1.807, 2.05) is 30.3 Å². The van der Waals surface area contributed by atoms with E-state index in [-0.39, 0.29) is 75.9 Å². The number of hydrogen-bond donors (Lipinski definition) is 3. The molecule has 8 rings (SSSR count). The smallest absolute Gasteiger partial charge is 0.417 e. The van der Waals surface area contributed by atoms with E-state index in [0.29, 0.717) is 96.0 Å². The average molecular weight is 1090 g/mol. The highest BCUT2D eigenvalue weighted by Gasteiger charge is 2.66. The minimum atomic E-state index is -1.73. The Morgan fingerprint density at radius 3 is 2.30 bits per heavy atom. The lowest BCUT2D eigenvalue weighted by atomic mass is 9.55. The molecule has 1 saturated carbocycles. The van der Waals surface area contributed by atoms with Crippen molar-refractivity contribution in [1.82, 2.24) is 4.90 Å². The number of anilines is 1. The van der Waals surface area contributed by atoms with Gasteiger partial charge in [-0.05, 0) is 114 Å². The molecule has 2 amide bonds. The van der Waals surface area contributed by atoms with Crippen LogP contribution >= 0.6 is 0 Å². The summed E-state index contributed by atoms with van der Waals surface area (Å²) in [6.45, 7) is 4.03. The van der Waals surface area contributed by atoms with Gasteiger partial charge < -0.3 is 48.2 Å². The number of non-ortho nitro benzene ring substituents is 1. The van der Waals surface area contributed by atoms with Crippen LogP contribution in [0.1, 0.15) is 73.1 Å². The molecular weight excluding hydrogens is 1020 g/mol. The SMILES string of the molecule is C=CCO[C@@]12Oc3ccc(OC(=O)Nc4ccc(OC)cc4OC)cc3[C@H]3[C@H](CCCCO)[C@@H](CCCCO)C=C(C(=NOCc4ccc([N+](=O)[O-])cc4)C[C@@H]1N(Cc1ccc(F)cc1)C(=O)OCCOCc1ccccc1)[C@H]32. The van der Waals surface area contributed by atoms with Crippen LogP contribution in [0.2, 0.25) is 0 Å². The lowest BCUT2D eigenvalue weighted by Crippen LogP contribution is -2.70. The molecule has 2 aliphatic carbocycles. The van der Waals surface area contributed by atoms with Gasteiger partial charge in [0.05, 0.1) is 56.3 Å². The highest BCUT2D eigenvalue weighted by atomic mass is 19.1. The molecule has 0 bridgehead atoms. The number of carbonyl (C=O) groups excluding carboxylic acids is 2. The number of hydrogen-bond acceptors (Lipinski definition) is 15. The lowest BCUT2D eigenvalue weighted by molar-refractivity contribution is -0.384. The molecule has 3 aliphatic rings. The van der Waals surface area contributed by atoms with Crippen molar-refractivity contribution in [1.29, 1.82) is 0 Å². The van der Waals surface area contributed by atoms with Crippen LogP contribution < -0.4 is 24.3 Å². The number of ether oxygens (including phenoxy) is 7. The van der Waals surface area contributed by atoms with E-state index in [4.69, 9.17) is 43.2 Å². The normalized spacial score (nSPS) is 20.3. The zero-order chi connectivity index (χ0) is 55.7. The summed E-state index contributed by atoms with van der Waals surface area (Å²) in [5, 5.41) is 39.3. The fraction of sp³-hybridized carbons (Fsp3) is 0.383. The highest BCUT2D eigenvalue weighted by Crippen LogP contribution is 2.62. The molecular formula is C60H67FN4O14. The van der Waals surface area contributed by atoms with E-state index >= 15 is 4.79 Å². The molecule has 3 N–H and O–H groups in total. The van der Waals surface area contributed by atoms with Crippen molar-refractivity contribution in [3.05, 3.63) is 178 Å². The maximum absolute atomic E-state index is 15.1. The standard InChI is InChI=1S/C60H67FN4O14/c1-4-30-76-60-55(64(37-40-16-20-44(61)21-17-40)59(69)75-32-31-74-38-41-12-6-5-7-13-41)36-52(63-77-39-42-18-22-45(23-19-42)65(70)71)49-33-43(14-8-10-28-66)48(15-9-11-29-67)56(57(49)60)50-34-47(25-27-53(50)79-60)78-58(68)62-51-26-24-46(72-2)35-54(51)73-3/h4-7,12-13,16-27,33-35,43,48,55-57,66-67H,1,8-11,14-15,28-32,36-39H2,2-3H3,(H,62,68)/t43-,48+,55-,56+,57+,60+/m0/s1. The van der Waals surface area contributed by atoms with E-state index in [1.165, 1.54) is 43.4 Å². The Balaban J connectivity index is 1.27. The number of amides is 2. The van der Waals surface area contributed by atoms with Gasteiger partial charge >= 0.3 is 12.2 Å². The number of nitrogens with one attached hydrogen (secondary N) is 1. The number of nitro groups is 1. The summed E-state index contributed by atoms with van der Waals surface area (Å²) in [5.41, 5.74) is 4.23. The number of fused-ring (bicyclic) bond motifs is 2. The summed E-state index contributed by atoms with van der Waals surface area (Å²) in [6.07, 6.45) is 5.87. The Bertz CT molecular complexity index is 2920. The fourth-order valence-corrected chi connectivity index (χ4v) is 10.9. The summed E-state index contributed by atoms with van der Waals surface area (Å²) < 4.78 is 57.9. The molecule has 0 spiro atoms. The molecule has 1 aliphatic heterocycles. The third kappa shape index (κ3) is 14.1. The number of nitro benzene ring substituents is 1. The number of rotatable bonds is 27. The molecule has 0 radical (unpaired) electrons. The zero-order valence-electron chi connectivity index (χ0n) is 44.3. The first-order valence-electron chi connectivity index (χ1n) is 26.4. The largest absolute Gasteiger partial charge is 0.497 e. The maximum atomic E-state index is 15.1. The van der Waals surface area contributed by atoms with Gasteiger partial charge in [0.2, 0.25) is 5.79 Å². The number of methoxy groups -OCH3 is 2. The second-order valence-corrected chi connectivity index (χ2v) is 19.5. The summed E-state index contributed by atoms with van der Waals surface area (Å²) in [6, 6.07) is 30.3. The Morgan fingerprint density at radius 1 is 0.873 bits per heavy atom. The Hall–Kier alpha value is -7.84. The van der Waals surface area contributed by atoms with Crippen molar-refractivity contribution >= 4 is 29.3 Å². The number of unbranched alkanes of at least 4 members (excludes halogenated alkanes) is 2. The van der Waals surface area contributed by atoms with Crippen LogP contribution in [0.4, 0.5) is 25.4 Å². The monoisotopic (exact) mass is 1090 g/mol. The predicted octanol–water partition coefficient (Wildman–Crippen LogP) is 11.1. The highest BCUT2D eigenvalue weighted by molar-refractivity contribution is 6.03. The molecule has 18 nitrogen and oxygen atoms in total. The molecule has 1 heterocycles. The second-order valence-electron chi connectivity index (χ2n) is 19.5. The minimum Gasteiger partial charge on any atom is -0.497 e. The summed E-state index contributed by atoms with van der Waals surface area (Å²) in [5.74, 6) is -2.37. The molecule has 5 aromatic rings. The van der Waals surface area contributed by atoms with E-state index in [0.717, 1.165) is 5.56 Å². The van der Waals surface area contributed by atoms with Crippen LogP contribution in [0.3, 0.4) is 0 Å². The van der Waals surface area contributed by atoms with Crippen LogP contribution in [0.25, 0.3) is 0 Å². The number of carbonyl (C=O) groups is 2. The molecule has 0 unspecified atom stereocenters. The van der Waals surface area contributed by atoms with Gasteiger partial charge in [0.15, 0.2) is 0 Å². The van der Waals surface area contributed by atoms with Gasteiger partial charge in [0.1, 0.15) is 48.1 Å². The number of oxime groups is 1. The van der Waals surface area contributed by atoms with Crippen molar-refractivity contribution in [2.75, 3.05) is 52.6 Å². The number of nitrogens with zero attached hydrogens (tertiary/aromatic N) is 3. The average Bonchev–Trinajstić information content (AvgIpc) is 2.95. The van der Waals surface area contributed by atoms with Crippen LogP contribution in [-0.4, -0.2) is 97.0 Å². The summed E-state index contributed by atoms with van der Waals surface area (Å²) in [7, 11) is 2.99. The number of benzene rings is 5. The van der Waals surface area contributed by atoms with Crippen molar-refractivity contribution < 1.29 is 67.1 Å². The van der Waals surface area contributed by atoms with E-state index < -0.39 is 46.6 Å². The second kappa shape index (κ2) is 27.7. The number of aliphatic hydroxyl groups is 2. The minimum absolute atomic E-state index is 0.00508. The molecule has 418 valence electrons. The van der Waals surface area contributed by atoms with E-state index in [2.05, 4.69) is 18.0 Å². The topological polar surface area (TPSA) is 219 Å². The van der Waals surface area contributed by atoms with Gasteiger partial charge in [-0.2, -0.15) is 0 Å². The first-order chi connectivity index (χ1) is 38.5. The first kappa shape index (κ1) is 57.3. The van der Waals surface area contributed by atoms with Gasteiger partial charge in [-0.15, -0.1) is 6.58 Å². The van der Waals surface area contributed by atoms with Crippen molar-refractivity contribution in [2.45, 2.75) is 82.5 Å². The number of halogens is 1. The quantitative estimate of drug-likeness (QED) is 0.0193. The molecule has 79 heavy (non-hydrogen) atoms. The molecule has 0 saturated heterocycles. The number of aliphatic hydroxyl groups excluding tert-OH is 2. The lowest BCUT2D eigenvalue weighted by Gasteiger charge is -2.59. The third-order valence-corrected chi connectivity index (χ3v) is 14.5. The van der Waals surface area contributed by atoms with Gasteiger partial charge in [-0.1, -0.05) is 72.6 Å². The van der Waals surface area contributed by atoms with Crippen LogP contribution in [0.5, 0.6) is 23.0 Å². The molecule has 0 aromatic heterocycles. The zero-order valence-corrected chi connectivity index (χ0v) is 44.3. The Morgan fingerprint density at radius 2 is 1.59 bits per heavy atom. The summed E-state index contributed by atoms with van der Waals surface area (Å²) >= 11 is 0. The molecule has 19 heteroatoms. The van der Waals surface area contributed by atoms with Crippen LogP contribution in [0.15, 0.2) is 145 Å². The molecule has 1 fully saturated rings. The van der Waals surface area contributed by atoms with E-state index in [1.54, 1.807) is 66.7 Å². The third-order valence-electron chi connectivity index (χ3n) is 14.5. The Kier molecular flexibility index (Phi) is 20.1. The molecule has 6 atom stereocenters. The van der Waals surface area contributed by atoms with Gasteiger partial charge in [-0.3, -0.25) is 20.3 Å². The summed E-state index contributed by atoms with van der Waals surface area (Å²) in [4.78, 5) is 47.6. The maximum Gasteiger partial charge on any atom is 0.417 e. The van der Waals surface area contributed by atoms with Crippen molar-refractivity contribution in [3.8, 4) is 23.0 Å². The first-order valence-corrected chi connectivity index (χ1v) is 26.4. The van der Waals surface area contributed by atoms with E-state index in [9.17, 15) is 29.5 Å². The van der Waals surface area contributed by atoms with Crippen LogP contribution in [-0.2, 0) is 38.8 Å². The fourth-order valence-electron chi connectivity index (χ4n) is 10.9. The van der Waals surface area contributed by atoms with Gasteiger partial charge in [0.25, 0.3) is 5.69 Å². The van der Waals surface area contributed by atoms with Gasteiger partial charge in [-0.25, -0.2) is 14.0 Å². The van der Waals surface area contributed by atoms with Gasteiger partial charge in [0, 0.05) is 55.9 Å². The Labute approximate surface area is 458 Å². The number of allylic oxidation sites excluding steroid dienone is 1. The van der Waals surface area contributed by atoms with Crippen molar-refractivity contribution in [2.24, 2.45) is 22.9 Å². The van der Waals surface area contributed by atoms with Crippen molar-refractivity contribution in [3.63, 3.8) is 0 Å².